The van der Waals surface area contributed by atoms with Crippen LogP contribution in [-0.4, -0.2) is 47.3 Å². The van der Waals surface area contributed by atoms with Gasteiger partial charge in [-0.2, -0.15) is 18.3 Å². The molecule has 0 spiro atoms. The van der Waals surface area contributed by atoms with Gasteiger partial charge in [-0.25, -0.2) is 0 Å². The van der Waals surface area contributed by atoms with E-state index in [-0.39, 0.29) is 12.5 Å². The number of carbonyl (C=O) groups excluding carboxylic acids is 1. The van der Waals surface area contributed by atoms with Gasteiger partial charge in [-0.1, -0.05) is 11.6 Å². The summed E-state index contributed by atoms with van der Waals surface area (Å²) in [5, 5.41) is 6.03. The Morgan fingerprint density at radius 3 is 2.81 bits per heavy atom. The molecule has 0 fully saturated rings. The molecule has 1 amide bonds. The summed E-state index contributed by atoms with van der Waals surface area (Å²) in [5.74, 6) is -0.355. The van der Waals surface area contributed by atoms with E-state index in [0.717, 1.165) is 42.0 Å². The third-order valence-corrected chi connectivity index (χ3v) is 3.26. The fraction of sp³-hybridized carbons (Fsp3) is 0.538. The molecule has 2 heterocycles. The molecule has 0 atom stereocenters. The maximum Gasteiger partial charge on any atom is 0.435 e. The van der Waals surface area contributed by atoms with E-state index in [1.54, 1.807) is 0 Å². The summed E-state index contributed by atoms with van der Waals surface area (Å²) in [4.78, 5) is 13.8. The van der Waals surface area contributed by atoms with E-state index in [9.17, 15) is 18.0 Å². The third-order valence-electron chi connectivity index (χ3n) is 3.26. The van der Waals surface area contributed by atoms with Crippen molar-refractivity contribution in [3.8, 4) is 0 Å². The molecule has 1 aromatic heterocycles. The molecule has 1 aromatic rings. The van der Waals surface area contributed by atoms with Crippen molar-refractivity contribution in [2.45, 2.75) is 19.1 Å². The van der Waals surface area contributed by atoms with Crippen molar-refractivity contribution in [1.29, 1.82) is 0 Å². The molecule has 0 saturated carbocycles. The summed E-state index contributed by atoms with van der Waals surface area (Å²) in [6.07, 6.45) is -0.395. The molecule has 116 valence electrons. The molecule has 8 heteroatoms. The Morgan fingerprint density at radius 1 is 1.48 bits per heavy atom. The van der Waals surface area contributed by atoms with Crippen molar-refractivity contribution in [3.05, 3.63) is 29.6 Å². The van der Waals surface area contributed by atoms with Crippen LogP contribution in [0.3, 0.4) is 0 Å². The number of aromatic nitrogens is 2. The fourth-order valence-corrected chi connectivity index (χ4v) is 1.99. The Kier molecular flexibility index (Phi) is 4.66. The number of rotatable bonds is 4. The first-order valence-corrected chi connectivity index (χ1v) is 6.58. The van der Waals surface area contributed by atoms with Gasteiger partial charge in [0.1, 0.15) is 6.54 Å². The van der Waals surface area contributed by atoms with Crippen molar-refractivity contribution < 1.29 is 18.0 Å². The molecule has 5 nitrogen and oxygen atoms in total. The van der Waals surface area contributed by atoms with Crippen molar-refractivity contribution in [3.63, 3.8) is 0 Å². The topological polar surface area (TPSA) is 50.2 Å². The van der Waals surface area contributed by atoms with Gasteiger partial charge in [0.25, 0.3) is 0 Å². The van der Waals surface area contributed by atoms with Crippen LogP contribution >= 0.6 is 0 Å². The number of alkyl halides is 3. The van der Waals surface area contributed by atoms with E-state index in [1.807, 2.05) is 7.05 Å². The van der Waals surface area contributed by atoms with Crippen LogP contribution in [0.1, 0.15) is 12.1 Å². The van der Waals surface area contributed by atoms with E-state index >= 15 is 0 Å². The van der Waals surface area contributed by atoms with Crippen molar-refractivity contribution >= 4 is 5.91 Å². The highest BCUT2D eigenvalue weighted by molar-refractivity contribution is 5.75. The fourth-order valence-electron chi connectivity index (χ4n) is 1.99. The van der Waals surface area contributed by atoms with Gasteiger partial charge in [0, 0.05) is 25.8 Å². The molecular formula is C13H17F3N4O. The largest absolute Gasteiger partial charge is 0.435 e. The van der Waals surface area contributed by atoms with Crippen LogP contribution in [-0.2, 0) is 17.5 Å². The van der Waals surface area contributed by atoms with Crippen LogP contribution in [0, 0.1) is 0 Å². The summed E-state index contributed by atoms with van der Waals surface area (Å²) >= 11 is 0. The number of likely N-dealkylation sites (N-methyl/N-ethyl adjacent to an activating group) is 1. The van der Waals surface area contributed by atoms with E-state index in [4.69, 9.17) is 0 Å². The van der Waals surface area contributed by atoms with Gasteiger partial charge in [-0.05, 0) is 19.5 Å². The van der Waals surface area contributed by atoms with Gasteiger partial charge in [-0.3, -0.25) is 9.48 Å². The standard InChI is InChI=1S/C13H17F3N4O/c1-19-5-2-10(3-6-19)8-17-12(21)9-20-7-4-11(18-20)13(14,15)16/h2,4,7H,3,5-6,8-9H2,1H3,(H,17,21). The molecule has 0 aliphatic carbocycles. The Labute approximate surface area is 120 Å². The first kappa shape index (κ1) is 15.6. The number of nitrogens with zero attached hydrogens (tertiary/aromatic N) is 3. The van der Waals surface area contributed by atoms with Gasteiger partial charge >= 0.3 is 6.18 Å². The minimum absolute atomic E-state index is 0.219. The molecule has 0 bridgehead atoms. The van der Waals surface area contributed by atoms with Gasteiger partial charge in [0.15, 0.2) is 5.69 Å². The lowest BCUT2D eigenvalue weighted by atomic mass is 10.1. The first-order chi connectivity index (χ1) is 9.84. The van der Waals surface area contributed by atoms with Gasteiger partial charge in [0.05, 0.1) is 0 Å². The number of carbonyl (C=O) groups is 1. The van der Waals surface area contributed by atoms with Crippen LogP contribution in [0.5, 0.6) is 0 Å². The van der Waals surface area contributed by atoms with E-state index in [2.05, 4.69) is 21.4 Å². The molecule has 0 saturated heterocycles. The van der Waals surface area contributed by atoms with Crippen LogP contribution in [0.4, 0.5) is 13.2 Å². The average Bonchev–Trinajstić information content (AvgIpc) is 2.86. The lowest BCUT2D eigenvalue weighted by molar-refractivity contribution is -0.141. The minimum atomic E-state index is -4.49. The third kappa shape index (κ3) is 4.59. The maximum absolute atomic E-state index is 12.4. The molecule has 21 heavy (non-hydrogen) atoms. The lowest BCUT2D eigenvalue weighted by Crippen LogP contribution is -2.32. The molecule has 0 unspecified atom stereocenters. The van der Waals surface area contributed by atoms with Crippen LogP contribution in [0.25, 0.3) is 0 Å². The Bertz CT molecular complexity index is 536. The van der Waals surface area contributed by atoms with Gasteiger partial charge < -0.3 is 10.2 Å². The van der Waals surface area contributed by atoms with E-state index < -0.39 is 11.9 Å². The molecule has 0 aromatic carbocycles. The molecule has 0 radical (unpaired) electrons. The first-order valence-electron chi connectivity index (χ1n) is 6.58. The average molecular weight is 302 g/mol. The highest BCUT2D eigenvalue weighted by Crippen LogP contribution is 2.27. The van der Waals surface area contributed by atoms with E-state index in [1.165, 1.54) is 0 Å². The van der Waals surface area contributed by atoms with Crippen LogP contribution in [0.15, 0.2) is 23.9 Å². The predicted molar refractivity (Wildman–Crippen MR) is 70.4 cm³/mol. The van der Waals surface area contributed by atoms with Crippen LogP contribution in [0.2, 0.25) is 0 Å². The monoisotopic (exact) mass is 302 g/mol. The highest BCUT2D eigenvalue weighted by Gasteiger charge is 2.33. The summed E-state index contributed by atoms with van der Waals surface area (Å²) in [5.41, 5.74) is 0.145. The summed E-state index contributed by atoms with van der Waals surface area (Å²) in [6, 6.07) is 0.854. The van der Waals surface area contributed by atoms with Crippen LogP contribution < -0.4 is 5.32 Å². The highest BCUT2D eigenvalue weighted by atomic mass is 19.4. The number of hydrogen-bond acceptors (Lipinski definition) is 3. The molecular weight excluding hydrogens is 285 g/mol. The summed E-state index contributed by atoms with van der Waals surface area (Å²) in [6.45, 7) is 2.00. The van der Waals surface area contributed by atoms with Crippen molar-refractivity contribution in [1.82, 2.24) is 20.0 Å². The quantitative estimate of drug-likeness (QED) is 0.853. The summed E-state index contributed by atoms with van der Waals surface area (Å²) in [7, 11) is 2.02. The minimum Gasteiger partial charge on any atom is -0.351 e. The second-order valence-electron chi connectivity index (χ2n) is 5.05. The van der Waals surface area contributed by atoms with Crippen molar-refractivity contribution in [2.75, 3.05) is 26.7 Å². The smallest absolute Gasteiger partial charge is 0.351 e. The number of nitrogens with one attached hydrogen (secondary N) is 1. The Morgan fingerprint density at radius 2 is 2.24 bits per heavy atom. The van der Waals surface area contributed by atoms with Gasteiger partial charge in [0.2, 0.25) is 5.91 Å². The molecule has 1 N–H and O–H groups in total. The molecule has 1 aliphatic rings. The maximum atomic E-state index is 12.4. The molecule has 2 rings (SSSR count). The molecule has 1 aliphatic heterocycles. The normalized spacial score (nSPS) is 16.7. The van der Waals surface area contributed by atoms with Crippen molar-refractivity contribution in [2.24, 2.45) is 0 Å². The Balaban J connectivity index is 1.81. The zero-order chi connectivity index (χ0) is 15.5. The zero-order valence-corrected chi connectivity index (χ0v) is 11.7. The zero-order valence-electron chi connectivity index (χ0n) is 11.7. The SMILES string of the molecule is CN1CC=C(CNC(=O)Cn2ccc(C(F)(F)F)n2)CC1. The lowest BCUT2D eigenvalue weighted by Gasteiger charge is -2.22. The Hall–Kier alpha value is -1.83. The number of amides is 1. The summed E-state index contributed by atoms with van der Waals surface area (Å²) < 4.78 is 38.1. The predicted octanol–water partition coefficient (Wildman–Crippen LogP) is 1.28. The van der Waals surface area contributed by atoms with E-state index in [0.29, 0.717) is 6.54 Å². The van der Waals surface area contributed by atoms with Gasteiger partial charge in [-0.15, -0.1) is 0 Å². The second-order valence-corrected chi connectivity index (χ2v) is 5.05. The number of halogens is 3. The number of hydrogen-bond donors (Lipinski definition) is 1. The second kappa shape index (κ2) is 6.30.